The lowest BCUT2D eigenvalue weighted by molar-refractivity contribution is 0.193. The predicted molar refractivity (Wildman–Crippen MR) is 101 cm³/mol. The van der Waals surface area contributed by atoms with Gasteiger partial charge < -0.3 is 4.90 Å². The Balaban J connectivity index is 1.60. The molecule has 3 aliphatic rings. The maximum absolute atomic E-state index is 14.3. The molecule has 0 N–H and O–H groups in total. The number of hydrogen-bond acceptors (Lipinski definition) is 4. The average Bonchev–Trinajstić information content (AvgIpc) is 3.29. The lowest BCUT2D eigenvalue weighted by Crippen LogP contribution is -2.45. The van der Waals surface area contributed by atoms with E-state index in [1.165, 1.54) is 28.9 Å². The number of allylic oxidation sites excluding steroid dienone is 2. The van der Waals surface area contributed by atoms with E-state index in [2.05, 4.69) is 4.90 Å². The molecule has 0 radical (unpaired) electrons. The summed E-state index contributed by atoms with van der Waals surface area (Å²) in [6.07, 6.45) is 8.84. The normalized spacial score (nSPS) is 22.7. The SMILES string of the molecule is CN(C)S(=O)(=O)N1CC=C2C=C(N3CCC[C@@H]3c3cc(F)ccc3F)C=CN21. The molecule has 0 spiro atoms. The van der Waals surface area contributed by atoms with E-state index in [4.69, 9.17) is 0 Å². The molecule has 1 aromatic rings. The number of halogens is 2. The Morgan fingerprint density at radius 3 is 2.71 bits per heavy atom. The highest BCUT2D eigenvalue weighted by atomic mass is 32.2. The Morgan fingerprint density at radius 1 is 1.18 bits per heavy atom. The van der Waals surface area contributed by atoms with E-state index < -0.39 is 21.8 Å². The molecule has 3 aliphatic heterocycles. The highest BCUT2D eigenvalue weighted by Crippen LogP contribution is 2.39. The smallest absolute Gasteiger partial charge is 0.299 e. The monoisotopic (exact) mass is 408 g/mol. The van der Waals surface area contributed by atoms with Crippen LogP contribution in [0.3, 0.4) is 0 Å². The summed E-state index contributed by atoms with van der Waals surface area (Å²) in [5.74, 6) is -0.866. The van der Waals surface area contributed by atoms with Crippen molar-refractivity contribution in [2.75, 3.05) is 27.2 Å². The van der Waals surface area contributed by atoms with Crippen molar-refractivity contribution in [3.8, 4) is 0 Å². The van der Waals surface area contributed by atoms with Gasteiger partial charge in [0.15, 0.2) is 0 Å². The number of hydrogen-bond donors (Lipinski definition) is 0. The molecule has 9 heteroatoms. The first-order valence-corrected chi connectivity index (χ1v) is 10.5. The quantitative estimate of drug-likeness (QED) is 0.769. The molecular weight excluding hydrogens is 386 g/mol. The van der Waals surface area contributed by atoms with Crippen LogP contribution >= 0.6 is 0 Å². The molecule has 28 heavy (non-hydrogen) atoms. The van der Waals surface area contributed by atoms with Crippen molar-refractivity contribution in [2.24, 2.45) is 0 Å². The summed E-state index contributed by atoms with van der Waals surface area (Å²) in [6, 6.07) is 3.30. The van der Waals surface area contributed by atoms with E-state index in [1.807, 2.05) is 18.2 Å². The van der Waals surface area contributed by atoms with E-state index in [-0.39, 0.29) is 12.6 Å². The lowest BCUT2D eigenvalue weighted by Gasteiger charge is -2.34. The fraction of sp³-hybridized carbons (Fsp3) is 0.368. The molecular formula is C19H22F2N4O2S. The predicted octanol–water partition coefficient (Wildman–Crippen LogP) is 2.74. The van der Waals surface area contributed by atoms with Crippen LogP contribution in [0.15, 0.2) is 54.0 Å². The van der Waals surface area contributed by atoms with Gasteiger partial charge in [0, 0.05) is 38.1 Å². The van der Waals surface area contributed by atoms with Gasteiger partial charge in [0.2, 0.25) is 0 Å². The van der Waals surface area contributed by atoms with E-state index in [1.54, 1.807) is 11.2 Å². The third kappa shape index (κ3) is 3.13. The van der Waals surface area contributed by atoms with Crippen molar-refractivity contribution in [1.29, 1.82) is 0 Å². The van der Waals surface area contributed by atoms with Gasteiger partial charge in [0.1, 0.15) is 11.6 Å². The molecule has 0 bridgehead atoms. The van der Waals surface area contributed by atoms with Crippen LogP contribution in [0.2, 0.25) is 0 Å². The molecule has 1 fully saturated rings. The number of nitrogens with zero attached hydrogens (tertiary/aromatic N) is 4. The molecule has 0 aromatic heterocycles. The molecule has 0 saturated carbocycles. The van der Waals surface area contributed by atoms with Gasteiger partial charge in [-0.3, -0.25) is 5.01 Å². The van der Waals surface area contributed by atoms with Gasteiger partial charge in [-0.25, -0.2) is 8.78 Å². The molecule has 1 atom stereocenters. The Kier molecular flexibility index (Phi) is 4.76. The Hall–Kier alpha value is -2.23. The Labute approximate surface area is 163 Å². The molecule has 4 rings (SSSR count). The van der Waals surface area contributed by atoms with Crippen molar-refractivity contribution in [3.63, 3.8) is 0 Å². The molecule has 0 unspecified atom stereocenters. The first kappa shape index (κ1) is 19.1. The third-order valence-electron chi connectivity index (χ3n) is 5.27. The molecule has 0 aliphatic carbocycles. The number of hydrazine groups is 1. The zero-order valence-electron chi connectivity index (χ0n) is 15.7. The second kappa shape index (κ2) is 6.98. The molecule has 0 amide bonds. The topological polar surface area (TPSA) is 47.1 Å². The standard InChI is InChI=1S/C19H22F2N4O2S/c1-22(2)28(26,27)25-11-8-16-13-15(7-10-24(16)25)23-9-3-4-19(23)17-12-14(20)5-6-18(17)21/h5-8,10,12-13,19H,3-4,9,11H2,1-2H3/t19-/m1/s1. The second-order valence-electron chi connectivity index (χ2n) is 7.17. The van der Waals surface area contributed by atoms with Gasteiger partial charge in [-0.15, -0.1) is 0 Å². The van der Waals surface area contributed by atoms with Crippen molar-refractivity contribution >= 4 is 10.2 Å². The molecule has 150 valence electrons. The Morgan fingerprint density at radius 2 is 1.96 bits per heavy atom. The summed E-state index contributed by atoms with van der Waals surface area (Å²) < 4.78 is 55.4. The van der Waals surface area contributed by atoms with E-state index in [0.717, 1.165) is 42.9 Å². The maximum Gasteiger partial charge on any atom is 0.299 e. The van der Waals surface area contributed by atoms with Crippen molar-refractivity contribution in [3.05, 3.63) is 71.2 Å². The first-order chi connectivity index (χ1) is 13.3. The van der Waals surface area contributed by atoms with Crippen LogP contribution in [-0.2, 0) is 10.2 Å². The van der Waals surface area contributed by atoms with Gasteiger partial charge in [-0.1, -0.05) is 4.41 Å². The average molecular weight is 408 g/mol. The summed E-state index contributed by atoms with van der Waals surface area (Å²) >= 11 is 0. The summed E-state index contributed by atoms with van der Waals surface area (Å²) in [5.41, 5.74) is 1.96. The summed E-state index contributed by atoms with van der Waals surface area (Å²) in [4.78, 5) is 2.05. The van der Waals surface area contributed by atoms with Crippen molar-refractivity contribution < 1.29 is 17.2 Å². The van der Waals surface area contributed by atoms with Crippen LogP contribution in [0.1, 0.15) is 24.4 Å². The van der Waals surface area contributed by atoms with Crippen LogP contribution in [-0.4, -0.2) is 54.2 Å². The number of rotatable bonds is 4. The second-order valence-corrected chi connectivity index (χ2v) is 9.22. The minimum absolute atomic E-state index is 0.242. The van der Waals surface area contributed by atoms with Crippen LogP contribution < -0.4 is 0 Å². The largest absolute Gasteiger partial charge is 0.364 e. The maximum atomic E-state index is 14.3. The van der Waals surface area contributed by atoms with Crippen LogP contribution in [0.4, 0.5) is 8.78 Å². The summed E-state index contributed by atoms with van der Waals surface area (Å²) in [6.45, 7) is 0.968. The minimum Gasteiger partial charge on any atom is -0.364 e. The summed E-state index contributed by atoms with van der Waals surface area (Å²) in [7, 11) is -0.611. The number of benzene rings is 1. The first-order valence-electron chi connectivity index (χ1n) is 9.10. The van der Waals surface area contributed by atoms with Gasteiger partial charge in [0.25, 0.3) is 10.2 Å². The van der Waals surface area contributed by atoms with Crippen LogP contribution in [0.25, 0.3) is 0 Å². The van der Waals surface area contributed by atoms with E-state index >= 15 is 0 Å². The molecule has 3 heterocycles. The number of likely N-dealkylation sites (tertiary alicyclic amines) is 1. The van der Waals surface area contributed by atoms with Gasteiger partial charge in [-0.05, 0) is 49.3 Å². The van der Waals surface area contributed by atoms with Crippen LogP contribution in [0.5, 0.6) is 0 Å². The van der Waals surface area contributed by atoms with Crippen molar-refractivity contribution in [1.82, 2.24) is 18.6 Å². The highest BCUT2D eigenvalue weighted by molar-refractivity contribution is 7.86. The van der Waals surface area contributed by atoms with Crippen LogP contribution in [0, 0.1) is 11.6 Å². The highest BCUT2D eigenvalue weighted by Gasteiger charge is 2.36. The van der Waals surface area contributed by atoms with Gasteiger partial charge in [-0.2, -0.15) is 12.7 Å². The minimum atomic E-state index is -3.59. The van der Waals surface area contributed by atoms with Crippen molar-refractivity contribution in [2.45, 2.75) is 18.9 Å². The Bertz CT molecular complexity index is 988. The molecule has 6 nitrogen and oxygen atoms in total. The third-order valence-corrected chi connectivity index (χ3v) is 7.05. The summed E-state index contributed by atoms with van der Waals surface area (Å²) in [5, 5.41) is 1.59. The molecule has 1 saturated heterocycles. The van der Waals surface area contributed by atoms with E-state index in [0.29, 0.717) is 5.56 Å². The van der Waals surface area contributed by atoms with Gasteiger partial charge in [0.05, 0.1) is 18.3 Å². The zero-order chi connectivity index (χ0) is 20.1. The fourth-order valence-electron chi connectivity index (χ4n) is 3.86. The zero-order valence-corrected chi connectivity index (χ0v) is 16.5. The molecule has 1 aromatic carbocycles. The number of fused-ring (bicyclic) bond motifs is 1. The fourth-order valence-corrected chi connectivity index (χ4v) is 4.87. The van der Waals surface area contributed by atoms with E-state index in [9.17, 15) is 17.2 Å². The van der Waals surface area contributed by atoms with Gasteiger partial charge >= 0.3 is 0 Å². The lowest BCUT2D eigenvalue weighted by atomic mass is 10.0.